The zero-order valence-electron chi connectivity index (χ0n) is 14.0. The molecule has 0 atom stereocenters. The number of carbonyl (C=O) groups is 1. The van der Waals surface area contributed by atoms with E-state index in [2.05, 4.69) is 10.3 Å². The summed E-state index contributed by atoms with van der Waals surface area (Å²) in [5.41, 5.74) is -4.27. The van der Waals surface area contributed by atoms with Crippen LogP contribution >= 0.6 is 11.8 Å². The predicted molar refractivity (Wildman–Crippen MR) is 93.0 cm³/mol. The first-order valence-corrected chi connectivity index (χ1v) is 9.19. The van der Waals surface area contributed by atoms with Crippen molar-refractivity contribution in [1.29, 1.82) is 0 Å². The minimum atomic E-state index is -4.53. The Bertz CT molecular complexity index is 882. The maximum Gasteiger partial charge on any atom is 0.447 e. The molecule has 1 fully saturated rings. The highest BCUT2D eigenvalue weighted by Gasteiger charge is 2.44. The summed E-state index contributed by atoms with van der Waals surface area (Å²) in [5, 5.41) is 2.20. The summed E-state index contributed by atoms with van der Waals surface area (Å²) in [6, 6.07) is 7.65. The Kier molecular flexibility index (Phi) is 4.41. The third kappa shape index (κ3) is 3.83. The maximum absolute atomic E-state index is 12.7. The van der Waals surface area contributed by atoms with Crippen LogP contribution in [-0.4, -0.2) is 22.2 Å². The fraction of sp³-hybridized carbons (Fsp3) is 0.333. The van der Waals surface area contributed by atoms with Crippen LogP contribution in [0.5, 0.6) is 11.5 Å². The number of benzene rings is 1. The number of anilines is 1. The summed E-state index contributed by atoms with van der Waals surface area (Å²) in [7, 11) is 0. The van der Waals surface area contributed by atoms with E-state index in [9.17, 15) is 18.0 Å². The fourth-order valence-electron chi connectivity index (χ4n) is 3.24. The van der Waals surface area contributed by atoms with Gasteiger partial charge in [-0.3, -0.25) is 4.79 Å². The van der Waals surface area contributed by atoms with E-state index in [-0.39, 0.29) is 5.56 Å². The number of halogens is 3. The van der Waals surface area contributed by atoms with Gasteiger partial charge in [-0.15, -0.1) is 0 Å². The number of thioether (sulfide) groups is 1. The van der Waals surface area contributed by atoms with Crippen molar-refractivity contribution in [2.45, 2.75) is 42.0 Å². The van der Waals surface area contributed by atoms with Crippen LogP contribution in [0.3, 0.4) is 0 Å². The first-order valence-electron chi connectivity index (χ1n) is 8.38. The third-order valence-electron chi connectivity index (χ3n) is 4.39. The van der Waals surface area contributed by atoms with Gasteiger partial charge in [0.15, 0.2) is 11.5 Å². The Morgan fingerprint density at radius 2 is 1.89 bits per heavy atom. The number of aromatic nitrogens is 1. The molecule has 0 unspecified atom stereocenters. The molecule has 1 N–H and O–H groups in total. The normalized spacial score (nSPS) is 17.3. The summed E-state index contributed by atoms with van der Waals surface area (Å²) in [6.07, 6.45) is 4.87. The molecule has 1 spiro atoms. The van der Waals surface area contributed by atoms with E-state index in [1.165, 1.54) is 18.3 Å². The number of fused-ring (bicyclic) bond motifs is 1. The standard InChI is InChI=1S/C18H15F3N2O3S/c19-18(20,21)27-16-12(4-3-9-22-16)15(24)23-11-5-6-13-14(10-11)26-17(25-13)7-1-2-8-17/h3-6,9-10H,1-2,7-8H2,(H,23,24). The van der Waals surface area contributed by atoms with Gasteiger partial charge < -0.3 is 14.8 Å². The number of pyridine rings is 1. The van der Waals surface area contributed by atoms with Gasteiger partial charge in [-0.1, -0.05) is 0 Å². The molecule has 1 saturated carbocycles. The monoisotopic (exact) mass is 396 g/mol. The third-order valence-corrected chi connectivity index (χ3v) is 5.14. The molecule has 2 heterocycles. The Morgan fingerprint density at radius 1 is 1.15 bits per heavy atom. The lowest BCUT2D eigenvalue weighted by Gasteiger charge is -2.21. The smallest absolute Gasteiger partial charge is 0.447 e. The lowest BCUT2D eigenvalue weighted by Crippen LogP contribution is -2.34. The number of ether oxygens (including phenoxy) is 2. The van der Waals surface area contributed by atoms with Gasteiger partial charge in [-0.2, -0.15) is 13.2 Å². The van der Waals surface area contributed by atoms with Crippen LogP contribution in [0.4, 0.5) is 18.9 Å². The van der Waals surface area contributed by atoms with E-state index in [0.717, 1.165) is 25.7 Å². The summed E-state index contributed by atoms with van der Waals surface area (Å²) < 4.78 is 49.8. The topological polar surface area (TPSA) is 60.5 Å². The lowest BCUT2D eigenvalue weighted by molar-refractivity contribution is -0.0716. The van der Waals surface area contributed by atoms with Crippen LogP contribution in [0.15, 0.2) is 41.6 Å². The number of hydrogen-bond acceptors (Lipinski definition) is 5. The van der Waals surface area contributed by atoms with E-state index < -0.39 is 34.0 Å². The van der Waals surface area contributed by atoms with Crippen molar-refractivity contribution in [3.8, 4) is 11.5 Å². The summed E-state index contributed by atoms with van der Waals surface area (Å²) >= 11 is -0.418. The molecule has 0 bridgehead atoms. The Hall–Kier alpha value is -2.42. The van der Waals surface area contributed by atoms with Gasteiger partial charge >= 0.3 is 5.51 Å². The van der Waals surface area contributed by atoms with Crippen LogP contribution < -0.4 is 14.8 Å². The van der Waals surface area contributed by atoms with Gasteiger partial charge in [-0.25, -0.2) is 4.98 Å². The van der Waals surface area contributed by atoms with Crippen molar-refractivity contribution in [3.05, 3.63) is 42.1 Å². The fourth-order valence-corrected chi connectivity index (χ4v) is 3.85. The quantitative estimate of drug-likeness (QED) is 0.741. The van der Waals surface area contributed by atoms with Crippen LogP contribution in [0.25, 0.3) is 0 Å². The molecule has 2 aromatic rings. The molecule has 2 aliphatic rings. The molecule has 1 aliphatic carbocycles. The van der Waals surface area contributed by atoms with Gasteiger partial charge in [0.1, 0.15) is 5.03 Å². The van der Waals surface area contributed by atoms with Crippen LogP contribution in [-0.2, 0) is 0 Å². The first-order chi connectivity index (χ1) is 12.8. The van der Waals surface area contributed by atoms with E-state index in [1.54, 1.807) is 18.2 Å². The second-order valence-corrected chi connectivity index (χ2v) is 7.40. The Labute approximate surface area is 157 Å². The molecule has 9 heteroatoms. The summed E-state index contributed by atoms with van der Waals surface area (Å²) in [5.74, 6) is -0.176. The number of amides is 1. The molecule has 4 rings (SSSR count). The number of alkyl halides is 3. The molecule has 5 nitrogen and oxygen atoms in total. The Morgan fingerprint density at radius 3 is 2.63 bits per heavy atom. The highest BCUT2D eigenvalue weighted by Crippen LogP contribution is 2.47. The van der Waals surface area contributed by atoms with Crippen LogP contribution in [0, 0.1) is 0 Å². The van der Waals surface area contributed by atoms with Gasteiger partial charge in [0.05, 0.1) is 5.56 Å². The number of hydrogen-bond donors (Lipinski definition) is 1. The SMILES string of the molecule is O=C(Nc1ccc2c(c1)OC1(CCCC1)O2)c1cccnc1SC(F)(F)F. The minimum Gasteiger partial charge on any atom is -0.448 e. The zero-order valence-corrected chi connectivity index (χ0v) is 14.8. The van der Waals surface area contributed by atoms with Crippen molar-refractivity contribution in [2.75, 3.05) is 5.32 Å². The molecule has 1 aliphatic heterocycles. The van der Waals surface area contributed by atoms with E-state index in [0.29, 0.717) is 17.2 Å². The van der Waals surface area contributed by atoms with Gasteiger partial charge in [0.2, 0.25) is 0 Å². The first kappa shape index (κ1) is 18.0. The van der Waals surface area contributed by atoms with Gasteiger partial charge in [-0.05, 0) is 37.1 Å². The second kappa shape index (κ2) is 6.63. The van der Waals surface area contributed by atoms with Gasteiger partial charge in [0.25, 0.3) is 11.7 Å². The van der Waals surface area contributed by atoms with E-state index in [1.807, 2.05) is 0 Å². The summed E-state index contributed by atoms with van der Waals surface area (Å²) in [6.45, 7) is 0. The summed E-state index contributed by atoms with van der Waals surface area (Å²) in [4.78, 5) is 16.1. The molecular formula is C18H15F3N2O3S. The zero-order chi connectivity index (χ0) is 19.1. The number of rotatable bonds is 3. The number of nitrogens with one attached hydrogen (secondary N) is 1. The molecule has 1 aromatic carbocycles. The largest absolute Gasteiger partial charge is 0.448 e. The molecule has 0 saturated heterocycles. The maximum atomic E-state index is 12.7. The number of nitrogens with zero attached hydrogens (tertiary/aromatic N) is 1. The van der Waals surface area contributed by atoms with Crippen molar-refractivity contribution < 1.29 is 27.4 Å². The highest BCUT2D eigenvalue weighted by molar-refractivity contribution is 8.00. The molecule has 1 aromatic heterocycles. The number of carbonyl (C=O) groups excluding carboxylic acids is 1. The average molecular weight is 396 g/mol. The van der Waals surface area contributed by atoms with Gasteiger partial charge in [0, 0.05) is 42.6 Å². The Balaban J connectivity index is 1.52. The van der Waals surface area contributed by atoms with E-state index in [4.69, 9.17) is 9.47 Å². The minimum absolute atomic E-state index is 0.148. The highest BCUT2D eigenvalue weighted by atomic mass is 32.2. The molecular weight excluding hydrogens is 381 g/mol. The molecule has 1 amide bonds. The van der Waals surface area contributed by atoms with E-state index >= 15 is 0 Å². The van der Waals surface area contributed by atoms with Crippen LogP contribution in [0.2, 0.25) is 0 Å². The average Bonchev–Trinajstić information content (AvgIpc) is 3.19. The van der Waals surface area contributed by atoms with Crippen molar-refractivity contribution in [2.24, 2.45) is 0 Å². The van der Waals surface area contributed by atoms with Crippen LogP contribution in [0.1, 0.15) is 36.0 Å². The molecule has 27 heavy (non-hydrogen) atoms. The van der Waals surface area contributed by atoms with Crippen molar-refractivity contribution >= 4 is 23.4 Å². The van der Waals surface area contributed by atoms with Crippen molar-refractivity contribution in [1.82, 2.24) is 4.98 Å². The predicted octanol–water partition coefficient (Wildman–Crippen LogP) is 4.99. The lowest BCUT2D eigenvalue weighted by atomic mass is 10.2. The second-order valence-electron chi connectivity index (χ2n) is 6.34. The molecule has 0 radical (unpaired) electrons. The molecule has 142 valence electrons. The van der Waals surface area contributed by atoms with Crippen molar-refractivity contribution in [3.63, 3.8) is 0 Å².